The lowest BCUT2D eigenvalue weighted by Crippen LogP contribution is -2.25. The first-order chi connectivity index (χ1) is 9.72. The normalized spacial score (nSPS) is 14.2. The van der Waals surface area contributed by atoms with E-state index in [2.05, 4.69) is 15.5 Å². The van der Waals surface area contributed by atoms with E-state index in [0.717, 1.165) is 12.8 Å². The van der Waals surface area contributed by atoms with Gasteiger partial charge < -0.3 is 9.84 Å². The van der Waals surface area contributed by atoms with Gasteiger partial charge in [0.05, 0.1) is 5.56 Å². The van der Waals surface area contributed by atoms with Gasteiger partial charge in [0.1, 0.15) is 5.82 Å². The van der Waals surface area contributed by atoms with Crippen LogP contribution >= 0.6 is 0 Å². The predicted octanol–water partition coefficient (Wildman–Crippen LogP) is 2.09. The average Bonchev–Trinajstić information content (AvgIpc) is 3.12. The summed E-state index contributed by atoms with van der Waals surface area (Å²) in [5.41, 5.74) is 0.296. The Morgan fingerprint density at radius 2 is 2.20 bits per heavy atom. The molecule has 0 bridgehead atoms. The number of amides is 1. The molecule has 5 nitrogen and oxygen atoms in total. The highest BCUT2D eigenvalue weighted by Gasteiger charge is 2.23. The van der Waals surface area contributed by atoms with Crippen LogP contribution in [0, 0.1) is 5.82 Å². The number of hydrogen-bond donors (Lipinski definition) is 1. The molecule has 0 radical (unpaired) electrons. The lowest BCUT2D eigenvalue weighted by atomic mass is 10.2. The lowest BCUT2D eigenvalue weighted by molar-refractivity contribution is -0.121. The highest BCUT2D eigenvalue weighted by Crippen LogP contribution is 2.20. The molecule has 20 heavy (non-hydrogen) atoms. The Hall–Kier alpha value is -2.24. The highest BCUT2D eigenvalue weighted by atomic mass is 19.1. The fraction of sp³-hybridized carbons (Fsp3) is 0.357. The molecule has 1 amide bonds. The fourth-order valence-electron chi connectivity index (χ4n) is 1.86. The third-order valence-corrected chi connectivity index (χ3v) is 3.09. The van der Waals surface area contributed by atoms with Crippen LogP contribution < -0.4 is 5.32 Å². The zero-order valence-corrected chi connectivity index (χ0v) is 10.8. The number of aryl methyl sites for hydroxylation is 1. The number of carbonyl (C=O) groups excluding carboxylic acids is 1. The van der Waals surface area contributed by atoms with Crippen LogP contribution in [0.2, 0.25) is 0 Å². The Kier molecular flexibility index (Phi) is 3.45. The molecule has 0 atom stereocenters. The fourth-order valence-corrected chi connectivity index (χ4v) is 1.86. The molecule has 1 saturated carbocycles. The Labute approximate surface area is 115 Å². The molecule has 6 heteroatoms. The van der Waals surface area contributed by atoms with Crippen LogP contribution in [-0.2, 0) is 11.2 Å². The van der Waals surface area contributed by atoms with Crippen molar-refractivity contribution < 1.29 is 13.7 Å². The third kappa shape index (κ3) is 3.01. The second-order valence-corrected chi connectivity index (χ2v) is 4.83. The van der Waals surface area contributed by atoms with Crippen molar-refractivity contribution in [3.63, 3.8) is 0 Å². The molecule has 2 aromatic rings. The second-order valence-electron chi connectivity index (χ2n) is 4.83. The van der Waals surface area contributed by atoms with Crippen molar-refractivity contribution in [1.29, 1.82) is 0 Å². The molecule has 1 aromatic carbocycles. The summed E-state index contributed by atoms with van der Waals surface area (Å²) in [6.45, 7) is 0. The average molecular weight is 275 g/mol. The van der Waals surface area contributed by atoms with E-state index in [1.54, 1.807) is 18.2 Å². The molecule has 1 aliphatic rings. The summed E-state index contributed by atoms with van der Waals surface area (Å²) in [5.74, 6) is 0.138. The number of nitrogens with one attached hydrogen (secondary N) is 1. The van der Waals surface area contributed by atoms with Gasteiger partial charge in [0.15, 0.2) is 0 Å². The minimum absolute atomic E-state index is 0.0156. The monoisotopic (exact) mass is 275 g/mol. The Balaban J connectivity index is 1.61. The number of aromatic nitrogens is 2. The van der Waals surface area contributed by atoms with E-state index in [4.69, 9.17) is 4.52 Å². The summed E-state index contributed by atoms with van der Waals surface area (Å²) in [5, 5.41) is 6.62. The second kappa shape index (κ2) is 5.40. The molecule has 3 rings (SSSR count). The number of nitrogens with zero attached hydrogens (tertiary/aromatic N) is 2. The quantitative estimate of drug-likeness (QED) is 0.907. The molecule has 0 aliphatic heterocycles. The van der Waals surface area contributed by atoms with Crippen LogP contribution in [0.25, 0.3) is 11.4 Å². The molecule has 104 valence electrons. The molecule has 1 aromatic heterocycles. The van der Waals surface area contributed by atoms with Gasteiger partial charge in [-0.15, -0.1) is 0 Å². The molecule has 1 aliphatic carbocycles. The Bertz CT molecular complexity index is 622. The van der Waals surface area contributed by atoms with E-state index >= 15 is 0 Å². The van der Waals surface area contributed by atoms with Crippen LogP contribution in [0.3, 0.4) is 0 Å². The van der Waals surface area contributed by atoms with Crippen LogP contribution in [0.15, 0.2) is 28.8 Å². The molecule has 1 heterocycles. The van der Waals surface area contributed by atoms with Gasteiger partial charge in [0, 0.05) is 18.9 Å². The molecule has 0 saturated heterocycles. The molecular weight excluding hydrogens is 261 g/mol. The summed E-state index contributed by atoms with van der Waals surface area (Å²) in [4.78, 5) is 15.6. The van der Waals surface area contributed by atoms with E-state index in [9.17, 15) is 9.18 Å². The van der Waals surface area contributed by atoms with Gasteiger partial charge in [0.25, 0.3) is 0 Å². The lowest BCUT2D eigenvalue weighted by Gasteiger charge is -1.99. The number of benzene rings is 1. The van der Waals surface area contributed by atoms with Crippen molar-refractivity contribution >= 4 is 5.91 Å². The van der Waals surface area contributed by atoms with Gasteiger partial charge in [-0.3, -0.25) is 4.79 Å². The van der Waals surface area contributed by atoms with E-state index in [1.807, 2.05) is 0 Å². The Morgan fingerprint density at radius 1 is 1.40 bits per heavy atom. The maximum Gasteiger partial charge on any atom is 0.227 e. The summed E-state index contributed by atoms with van der Waals surface area (Å²) in [6.07, 6.45) is 2.78. The molecule has 0 spiro atoms. The SMILES string of the molecule is O=C(CCc1nc(-c2ccccc2F)no1)NC1CC1. The number of carbonyl (C=O) groups is 1. The minimum atomic E-state index is -0.397. The van der Waals surface area contributed by atoms with Crippen molar-refractivity contribution in [2.75, 3.05) is 0 Å². The van der Waals surface area contributed by atoms with Crippen molar-refractivity contribution in [3.05, 3.63) is 36.0 Å². The van der Waals surface area contributed by atoms with Crippen molar-refractivity contribution in [2.24, 2.45) is 0 Å². The van der Waals surface area contributed by atoms with Gasteiger partial charge in [-0.1, -0.05) is 17.3 Å². The van der Waals surface area contributed by atoms with Crippen LogP contribution in [0.4, 0.5) is 4.39 Å². The maximum absolute atomic E-state index is 13.6. The van der Waals surface area contributed by atoms with E-state index in [0.29, 0.717) is 30.3 Å². The summed E-state index contributed by atoms with van der Waals surface area (Å²) in [7, 11) is 0. The van der Waals surface area contributed by atoms with Crippen LogP contribution in [0.1, 0.15) is 25.2 Å². The molecule has 0 unspecified atom stereocenters. The van der Waals surface area contributed by atoms with E-state index in [-0.39, 0.29) is 11.7 Å². The zero-order chi connectivity index (χ0) is 13.9. The first-order valence-electron chi connectivity index (χ1n) is 6.59. The molecular formula is C14H14FN3O2. The molecule has 1 fully saturated rings. The summed E-state index contributed by atoms with van der Waals surface area (Å²) < 4.78 is 18.6. The van der Waals surface area contributed by atoms with Crippen molar-refractivity contribution in [2.45, 2.75) is 31.7 Å². The highest BCUT2D eigenvalue weighted by molar-refractivity contribution is 5.76. The van der Waals surface area contributed by atoms with Gasteiger partial charge in [0.2, 0.25) is 17.6 Å². The Morgan fingerprint density at radius 3 is 2.95 bits per heavy atom. The predicted molar refractivity (Wildman–Crippen MR) is 69.2 cm³/mol. The van der Waals surface area contributed by atoms with Crippen molar-refractivity contribution in [3.8, 4) is 11.4 Å². The van der Waals surface area contributed by atoms with Crippen LogP contribution in [0.5, 0.6) is 0 Å². The van der Waals surface area contributed by atoms with Crippen molar-refractivity contribution in [1.82, 2.24) is 15.5 Å². The van der Waals surface area contributed by atoms with Gasteiger partial charge in [-0.2, -0.15) is 4.98 Å². The number of hydrogen-bond acceptors (Lipinski definition) is 4. The van der Waals surface area contributed by atoms with Gasteiger partial charge >= 0.3 is 0 Å². The largest absolute Gasteiger partial charge is 0.353 e. The number of halogens is 1. The zero-order valence-electron chi connectivity index (χ0n) is 10.8. The van der Waals surface area contributed by atoms with Crippen LogP contribution in [-0.4, -0.2) is 22.1 Å². The standard InChI is InChI=1S/C14H14FN3O2/c15-11-4-2-1-3-10(11)14-17-13(20-18-14)8-7-12(19)16-9-5-6-9/h1-4,9H,5-8H2,(H,16,19). The first kappa shape index (κ1) is 12.8. The third-order valence-electron chi connectivity index (χ3n) is 3.09. The van der Waals surface area contributed by atoms with Gasteiger partial charge in [-0.25, -0.2) is 4.39 Å². The summed E-state index contributed by atoms with van der Waals surface area (Å²) >= 11 is 0. The molecule has 1 N–H and O–H groups in total. The number of rotatable bonds is 5. The van der Waals surface area contributed by atoms with Gasteiger partial charge in [-0.05, 0) is 25.0 Å². The summed E-state index contributed by atoms with van der Waals surface area (Å²) in [6, 6.07) is 6.58. The maximum atomic E-state index is 13.6. The first-order valence-corrected chi connectivity index (χ1v) is 6.59. The minimum Gasteiger partial charge on any atom is -0.353 e. The smallest absolute Gasteiger partial charge is 0.227 e. The van der Waals surface area contributed by atoms with E-state index < -0.39 is 5.82 Å². The topological polar surface area (TPSA) is 68.0 Å². The van der Waals surface area contributed by atoms with E-state index in [1.165, 1.54) is 6.07 Å².